The quantitative estimate of drug-likeness (QED) is 0.660. The fourth-order valence-electron chi connectivity index (χ4n) is 2.13. The highest BCUT2D eigenvalue weighted by Gasteiger charge is 2.29. The number of ether oxygens (including phenoxy) is 2. The van der Waals surface area contributed by atoms with Gasteiger partial charge in [-0.15, -0.1) is 0 Å². The van der Waals surface area contributed by atoms with Crippen molar-refractivity contribution >= 4 is 40.9 Å². The number of nitrogens with zero attached hydrogens (tertiary/aromatic N) is 1. The lowest BCUT2D eigenvalue weighted by Crippen LogP contribution is -2.31. The van der Waals surface area contributed by atoms with Crippen molar-refractivity contribution in [2.75, 3.05) is 20.8 Å². The molecule has 0 bridgehead atoms. The van der Waals surface area contributed by atoms with Crippen LogP contribution in [0.1, 0.15) is 18.9 Å². The molecule has 0 saturated carbocycles. The zero-order valence-electron chi connectivity index (χ0n) is 12.6. The summed E-state index contributed by atoms with van der Waals surface area (Å²) in [7, 11) is 3.08. The summed E-state index contributed by atoms with van der Waals surface area (Å²) in [5, 5.41) is 3.79. The van der Waals surface area contributed by atoms with Gasteiger partial charge in [0, 0.05) is 12.6 Å². The number of hydrogen-bond donors (Lipinski definition) is 1. The first-order chi connectivity index (χ1) is 10.5. The fourth-order valence-corrected chi connectivity index (χ4v) is 2.63. The van der Waals surface area contributed by atoms with Crippen molar-refractivity contribution in [2.45, 2.75) is 13.3 Å². The molecule has 1 aromatic carbocycles. The number of nitrogens with one attached hydrogen (secondary N) is 1. The van der Waals surface area contributed by atoms with Crippen molar-refractivity contribution in [1.82, 2.24) is 10.2 Å². The highest BCUT2D eigenvalue weighted by Crippen LogP contribution is 2.34. The van der Waals surface area contributed by atoms with Gasteiger partial charge in [0.15, 0.2) is 16.6 Å². The Hall–Kier alpha value is -1.79. The van der Waals surface area contributed by atoms with Crippen LogP contribution in [0.25, 0.3) is 6.08 Å². The molecule has 5 nitrogen and oxygen atoms in total. The Kier molecular flexibility index (Phi) is 5.26. The minimum Gasteiger partial charge on any atom is -0.493 e. The molecule has 1 aliphatic rings. The van der Waals surface area contributed by atoms with Crippen molar-refractivity contribution in [3.05, 3.63) is 28.4 Å². The van der Waals surface area contributed by atoms with Gasteiger partial charge in [0.25, 0.3) is 5.91 Å². The second kappa shape index (κ2) is 6.98. The van der Waals surface area contributed by atoms with Gasteiger partial charge in [-0.3, -0.25) is 9.69 Å². The number of hydrogen-bond acceptors (Lipinski definition) is 4. The van der Waals surface area contributed by atoms with Crippen LogP contribution in [0.3, 0.4) is 0 Å². The van der Waals surface area contributed by atoms with Crippen LogP contribution >= 0.6 is 23.8 Å². The number of rotatable bonds is 5. The van der Waals surface area contributed by atoms with Gasteiger partial charge in [0.05, 0.1) is 19.2 Å². The zero-order chi connectivity index (χ0) is 16.3. The van der Waals surface area contributed by atoms with E-state index in [2.05, 4.69) is 5.32 Å². The largest absolute Gasteiger partial charge is 0.493 e. The van der Waals surface area contributed by atoms with Gasteiger partial charge in [0.1, 0.15) is 5.70 Å². The van der Waals surface area contributed by atoms with Crippen molar-refractivity contribution in [3.8, 4) is 11.5 Å². The van der Waals surface area contributed by atoms with Crippen LogP contribution in [0.4, 0.5) is 0 Å². The molecule has 0 atom stereocenters. The summed E-state index contributed by atoms with van der Waals surface area (Å²) in [4.78, 5) is 13.8. The number of thiocarbonyl (C=S) groups is 1. The summed E-state index contributed by atoms with van der Waals surface area (Å²) in [6, 6.07) is 3.36. The van der Waals surface area contributed by atoms with E-state index in [1.165, 1.54) is 12.0 Å². The maximum absolute atomic E-state index is 12.3. The van der Waals surface area contributed by atoms with Crippen LogP contribution in [-0.2, 0) is 4.79 Å². The summed E-state index contributed by atoms with van der Waals surface area (Å²) in [5.41, 5.74) is 1.05. The first-order valence-corrected chi connectivity index (χ1v) is 7.56. The minimum absolute atomic E-state index is 0.155. The van der Waals surface area contributed by atoms with Crippen LogP contribution < -0.4 is 14.8 Å². The monoisotopic (exact) mass is 340 g/mol. The van der Waals surface area contributed by atoms with E-state index in [4.69, 9.17) is 33.3 Å². The first-order valence-electron chi connectivity index (χ1n) is 6.77. The predicted octanol–water partition coefficient (Wildman–Crippen LogP) is 2.82. The normalized spacial score (nSPS) is 16.2. The standard InChI is InChI=1S/C15H17ClN2O3S/c1-4-5-18-14(19)11(17-15(18)22)6-9-7-12(20-2)13(21-3)8-10(9)16/h6-8H,4-5H2,1-3H3,(H,17,22). The molecule has 1 amide bonds. The molecule has 1 aliphatic heterocycles. The molecular weight excluding hydrogens is 324 g/mol. The first kappa shape index (κ1) is 16.6. The molecular formula is C15H17ClN2O3S. The van der Waals surface area contributed by atoms with Gasteiger partial charge in [-0.25, -0.2) is 0 Å². The Balaban J connectivity index is 2.37. The molecule has 0 aromatic heterocycles. The second-order valence-corrected chi connectivity index (χ2v) is 5.47. The van der Waals surface area contributed by atoms with Gasteiger partial charge in [0.2, 0.25) is 0 Å². The van der Waals surface area contributed by atoms with E-state index in [0.717, 1.165) is 6.42 Å². The molecule has 7 heteroatoms. The van der Waals surface area contributed by atoms with E-state index >= 15 is 0 Å². The van der Waals surface area contributed by atoms with Crippen molar-refractivity contribution in [1.29, 1.82) is 0 Å². The second-order valence-electron chi connectivity index (χ2n) is 4.67. The molecule has 0 spiro atoms. The van der Waals surface area contributed by atoms with Gasteiger partial charge in [-0.2, -0.15) is 0 Å². The lowest BCUT2D eigenvalue weighted by molar-refractivity contribution is -0.122. The Morgan fingerprint density at radius 1 is 1.32 bits per heavy atom. The molecule has 0 unspecified atom stereocenters. The molecule has 2 rings (SSSR count). The average Bonchev–Trinajstić information content (AvgIpc) is 2.76. The zero-order valence-corrected chi connectivity index (χ0v) is 14.2. The average molecular weight is 341 g/mol. The number of benzene rings is 1. The molecule has 22 heavy (non-hydrogen) atoms. The number of halogens is 1. The van der Waals surface area contributed by atoms with Crippen LogP contribution in [0.2, 0.25) is 5.02 Å². The third kappa shape index (κ3) is 3.18. The maximum Gasteiger partial charge on any atom is 0.276 e. The SMILES string of the molecule is CCCN1C(=O)C(=Cc2cc(OC)c(OC)cc2Cl)NC1=S. The number of carbonyl (C=O) groups is 1. The predicted molar refractivity (Wildman–Crippen MR) is 90.3 cm³/mol. The van der Waals surface area contributed by atoms with Gasteiger partial charge < -0.3 is 14.8 Å². The highest BCUT2D eigenvalue weighted by atomic mass is 35.5. The lowest BCUT2D eigenvalue weighted by atomic mass is 10.1. The van der Waals surface area contributed by atoms with Crippen LogP contribution in [0, 0.1) is 0 Å². The van der Waals surface area contributed by atoms with E-state index in [9.17, 15) is 4.79 Å². The Labute approximate surface area is 139 Å². The smallest absolute Gasteiger partial charge is 0.276 e. The summed E-state index contributed by atoms with van der Waals surface area (Å²) in [6.45, 7) is 2.57. The fraction of sp³-hybridized carbons (Fsp3) is 0.333. The molecule has 1 fully saturated rings. The molecule has 118 valence electrons. The molecule has 1 aromatic rings. The van der Waals surface area contributed by atoms with E-state index < -0.39 is 0 Å². The van der Waals surface area contributed by atoms with E-state index in [1.807, 2.05) is 6.92 Å². The summed E-state index contributed by atoms with van der Waals surface area (Å²) in [5.74, 6) is 0.915. The Morgan fingerprint density at radius 2 is 1.95 bits per heavy atom. The highest BCUT2D eigenvalue weighted by molar-refractivity contribution is 7.80. The van der Waals surface area contributed by atoms with E-state index in [0.29, 0.717) is 39.4 Å². The number of methoxy groups -OCH3 is 2. The lowest BCUT2D eigenvalue weighted by Gasteiger charge is -2.11. The number of amides is 1. The Morgan fingerprint density at radius 3 is 2.55 bits per heavy atom. The van der Waals surface area contributed by atoms with Gasteiger partial charge in [-0.1, -0.05) is 18.5 Å². The van der Waals surface area contributed by atoms with Crippen molar-refractivity contribution in [2.24, 2.45) is 0 Å². The molecule has 0 radical (unpaired) electrons. The van der Waals surface area contributed by atoms with E-state index in [1.54, 1.807) is 25.3 Å². The molecule has 1 heterocycles. The topological polar surface area (TPSA) is 50.8 Å². The van der Waals surface area contributed by atoms with Crippen molar-refractivity contribution < 1.29 is 14.3 Å². The molecule has 1 saturated heterocycles. The van der Waals surface area contributed by atoms with Gasteiger partial charge in [-0.05, 0) is 36.3 Å². The number of carbonyl (C=O) groups excluding carboxylic acids is 1. The summed E-state index contributed by atoms with van der Waals surface area (Å²) >= 11 is 11.4. The minimum atomic E-state index is -0.155. The summed E-state index contributed by atoms with van der Waals surface area (Å²) in [6.07, 6.45) is 2.49. The third-order valence-corrected chi connectivity index (χ3v) is 3.86. The van der Waals surface area contributed by atoms with Crippen molar-refractivity contribution in [3.63, 3.8) is 0 Å². The van der Waals surface area contributed by atoms with Crippen LogP contribution in [0.15, 0.2) is 17.8 Å². The molecule has 0 aliphatic carbocycles. The summed E-state index contributed by atoms with van der Waals surface area (Å²) < 4.78 is 10.4. The molecule has 1 N–H and O–H groups in total. The van der Waals surface area contributed by atoms with Crippen LogP contribution in [-0.4, -0.2) is 36.7 Å². The maximum atomic E-state index is 12.3. The Bertz CT molecular complexity index is 646. The van der Waals surface area contributed by atoms with Gasteiger partial charge >= 0.3 is 0 Å². The van der Waals surface area contributed by atoms with Crippen LogP contribution in [0.5, 0.6) is 11.5 Å². The third-order valence-electron chi connectivity index (χ3n) is 3.21. The van der Waals surface area contributed by atoms with E-state index in [-0.39, 0.29) is 5.91 Å².